The van der Waals surface area contributed by atoms with Gasteiger partial charge in [-0.25, -0.2) is 0 Å². The van der Waals surface area contributed by atoms with Crippen LogP contribution in [0.1, 0.15) is 26.2 Å². The van der Waals surface area contributed by atoms with Crippen LogP contribution in [-0.2, 0) is 0 Å². The first kappa shape index (κ1) is 17.1. The van der Waals surface area contributed by atoms with Gasteiger partial charge in [-0.2, -0.15) is 10.5 Å². The molecule has 1 aliphatic heterocycles. The molecule has 1 heterocycles. The van der Waals surface area contributed by atoms with Crippen molar-refractivity contribution in [1.29, 1.82) is 10.5 Å². The minimum Gasteiger partial charge on any atom is -0.335 e. The van der Waals surface area contributed by atoms with E-state index in [4.69, 9.17) is 10.5 Å². The van der Waals surface area contributed by atoms with Gasteiger partial charge in [-0.15, -0.1) is 0 Å². The van der Waals surface area contributed by atoms with Crippen molar-refractivity contribution in [3.05, 3.63) is 70.3 Å². The molecule has 0 N–H and O–H groups in total. The minimum atomic E-state index is 0.171. The van der Waals surface area contributed by atoms with Crippen LogP contribution in [0.3, 0.4) is 0 Å². The fourth-order valence-electron chi connectivity index (χ4n) is 3.08. The highest BCUT2D eigenvalue weighted by Gasteiger charge is 2.22. The molecule has 0 radical (unpaired) electrons. The molecule has 0 amide bonds. The van der Waals surface area contributed by atoms with Gasteiger partial charge in [-0.1, -0.05) is 36.0 Å². The quantitative estimate of drug-likeness (QED) is 0.682. The zero-order valence-corrected chi connectivity index (χ0v) is 15.0. The second-order valence-corrected chi connectivity index (χ2v) is 6.98. The Hall–Kier alpha value is -2.69. The third-order valence-corrected chi connectivity index (χ3v) is 5.40. The van der Waals surface area contributed by atoms with Gasteiger partial charge >= 0.3 is 0 Å². The summed E-state index contributed by atoms with van der Waals surface area (Å²) in [5, 5.41) is 19.1. The lowest BCUT2D eigenvalue weighted by molar-refractivity contribution is 0.797. The molecule has 25 heavy (non-hydrogen) atoms. The molecule has 0 saturated carbocycles. The van der Waals surface area contributed by atoms with Crippen LogP contribution in [0.5, 0.6) is 0 Å². The molecule has 3 nitrogen and oxygen atoms in total. The SMILES string of the molecule is CCN1/C(=C/C=C2/C=C(C=C(C#N)C#N)CCC2)Sc2ccccc21. The highest BCUT2D eigenvalue weighted by Crippen LogP contribution is 2.45. The standard InChI is InChI=1S/C21H19N3S/c1-2-24-19-8-3-4-9-20(19)25-21(24)11-10-16-6-5-7-17(12-16)13-18(14-22)15-23/h3-4,8-13H,2,5-7H2,1H3/b16-10+,21-11-. The minimum absolute atomic E-state index is 0.171. The predicted molar refractivity (Wildman–Crippen MR) is 103 cm³/mol. The first-order valence-corrected chi connectivity index (χ1v) is 9.24. The lowest BCUT2D eigenvalue weighted by atomic mass is 9.94. The van der Waals surface area contributed by atoms with Crippen molar-refractivity contribution in [3.63, 3.8) is 0 Å². The van der Waals surface area contributed by atoms with Crippen molar-refractivity contribution in [2.45, 2.75) is 31.1 Å². The van der Waals surface area contributed by atoms with E-state index in [0.29, 0.717) is 0 Å². The Morgan fingerprint density at radius 1 is 1.20 bits per heavy atom. The summed E-state index contributed by atoms with van der Waals surface area (Å²) in [4.78, 5) is 3.62. The average Bonchev–Trinajstić information content (AvgIpc) is 3.02. The molecule has 0 saturated heterocycles. The summed E-state index contributed by atoms with van der Waals surface area (Å²) in [5.41, 5.74) is 3.75. The van der Waals surface area contributed by atoms with E-state index in [-0.39, 0.29) is 5.57 Å². The number of fused-ring (bicyclic) bond motifs is 1. The van der Waals surface area contributed by atoms with Crippen molar-refractivity contribution < 1.29 is 0 Å². The van der Waals surface area contributed by atoms with Crippen LogP contribution < -0.4 is 4.90 Å². The fourth-order valence-corrected chi connectivity index (χ4v) is 4.21. The molecule has 0 unspecified atom stereocenters. The molecule has 1 aliphatic carbocycles. The maximum absolute atomic E-state index is 8.91. The smallest absolute Gasteiger partial charge is 0.129 e. The molecule has 124 valence electrons. The van der Waals surface area contributed by atoms with E-state index in [9.17, 15) is 0 Å². The van der Waals surface area contributed by atoms with Gasteiger partial charge in [0.2, 0.25) is 0 Å². The van der Waals surface area contributed by atoms with E-state index >= 15 is 0 Å². The van der Waals surface area contributed by atoms with Crippen LogP contribution >= 0.6 is 11.8 Å². The molecular formula is C21H19N3S. The van der Waals surface area contributed by atoms with Gasteiger partial charge < -0.3 is 4.90 Å². The number of thioether (sulfide) groups is 1. The topological polar surface area (TPSA) is 50.8 Å². The largest absolute Gasteiger partial charge is 0.335 e. The molecular weight excluding hydrogens is 326 g/mol. The second kappa shape index (κ2) is 7.92. The van der Waals surface area contributed by atoms with Gasteiger partial charge in [0, 0.05) is 11.4 Å². The van der Waals surface area contributed by atoms with Crippen molar-refractivity contribution in [3.8, 4) is 12.1 Å². The van der Waals surface area contributed by atoms with Crippen molar-refractivity contribution in [1.82, 2.24) is 0 Å². The Balaban J connectivity index is 1.84. The number of hydrogen-bond acceptors (Lipinski definition) is 4. The normalized spacial score (nSPS) is 19.2. The molecule has 1 aromatic rings. The molecule has 4 heteroatoms. The third kappa shape index (κ3) is 3.87. The zero-order chi connectivity index (χ0) is 17.6. The van der Waals surface area contributed by atoms with E-state index in [0.717, 1.165) is 31.4 Å². The van der Waals surface area contributed by atoms with Crippen LogP contribution in [0.15, 0.2) is 75.2 Å². The maximum Gasteiger partial charge on any atom is 0.129 e. The molecule has 0 bridgehead atoms. The number of nitriles is 2. The number of anilines is 1. The van der Waals surface area contributed by atoms with Gasteiger partial charge in [0.25, 0.3) is 0 Å². The number of benzene rings is 1. The summed E-state index contributed by atoms with van der Waals surface area (Å²) in [6, 6.07) is 12.3. The highest BCUT2D eigenvalue weighted by molar-refractivity contribution is 8.03. The van der Waals surface area contributed by atoms with Crippen molar-refractivity contribution in [2.75, 3.05) is 11.4 Å². The summed E-state index contributed by atoms with van der Waals surface area (Å²) in [5.74, 6) is 0. The highest BCUT2D eigenvalue weighted by atomic mass is 32.2. The van der Waals surface area contributed by atoms with E-state index in [1.54, 1.807) is 17.8 Å². The van der Waals surface area contributed by atoms with Crippen LogP contribution in [0.25, 0.3) is 0 Å². The van der Waals surface area contributed by atoms with Gasteiger partial charge in [0.1, 0.15) is 17.7 Å². The second-order valence-electron chi connectivity index (χ2n) is 5.91. The molecule has 0 fully saturated rings. The number of allylic oxidation sites excluding steroid dienone is 7. The Morgan fingerprint density at radius 3 is 2.76 bits per heavy atom. The van der Waals surface area contributed by atoms with Crippen molar-refractivity contribution in [2.24, 2.45) is 0 Å². The number of rotatable bonds is 3. The molecule has 0 aromatic heterocycles. The lowest BCUT2D eigenvalue weighted by Gasteiger charge is -2.18. The monoisotopic (exact) mass is 345 g/mol. The predicted octanol–water partition coefficient (Wildman–Crippen LogP) is 5.47. The first-order chi connectivity index (χ1) is 12.2. The number of nitrogens with zero attached hydrogens (tertiary/aromatic N) is 3. The van der Waals surface area contributed by atoms with E-state index < -0.39 is 0 Å². The van der Waals surface area contributed by atoms with Crippen LogP contribution in [0.4, 0.5) is 5.69 Å². The van der Waals surface area contributed by atoms with Crippen LogP contribution in [-0.4, -0.2) is 6.54 Å². The van der Waals surface area contributed by atoms with Gasteiger partial charge in [-0.3, -0.25) is 0 Å². The Kier molecular flexibility index (Phi) is 5.43. The summed E-state index contributed by atoms with van der Waals surface area (Å²) in [7, 11) is 0. The van der Waals surface area contributed by atoms with Gasteiger partial charge in [0.15, 0.2) is 0 Å². The van der Waals surface area contributed by atoms with E-state index in [1.165, 1.54) is 21.2 Å². The maximum atomic E-state index is 8.91. The Morgan fingerprint density at radius 2 is 2.00 bits per heavy atom. The van der Waals surface area contributed by atoms with Gasteiger partial charge in [-0.05, 0) is 61.6 Å². The summed E-state index contributed by atoms with van der Waals surface area (Å²) >= 11 is 1.80. The zero-order valence-electron chi connectivity index (χ0n) is 14.2. The number of hydrogen-bond donors (Lipinski definition) is 0. The average molecular weight is 345 g/mol. The first-order valence-electron chi connectivity index (χ1n) is 8.43. The molecule has 2 aliphatic rings. The molecule has 0 atom stereocenters. The summed E-state index contributed by atoms with van der Waals surface area (Å²) in [6.45, 7) is 3.11. The molecule has 3 rings (SSSR count). The van der Waals surface area contributed by atoms with E-state index in [2.05, 4.69) is 54.3 Å². The lowest BCUT2D eigenvalue weighted by Crippen LogP contribution is -2.16. The Labute approximate surface area is 153 Å². The van der Waals surface area contributed by atoms with Gasteiger partial charge in [0.05, 0.1) is 10.7 Å². The summed E-state index contributed by atoms with van der Waals surface area (Å²) < 4.78 is 0. The summed E-state index contributed by atoms with van der Waals surface area (Å²) in [6.07, 6.45) is 11.2. The third-order valence-electron chi connectivity index (χ3n) is 4.27. The van der Waals surface area contributed by atoms with Crippen molar-refractivity contribution >= 4 is 17.4 Å². The van der Waals surface area contributed by atoms with E-state index in [1.807, 2.05) is 12.1 Å². The Bertz CT molecular complexity index is 859. The van der Waals surface area contributed by atoms with Crippen LogP contribution in [0, 0.1) is 22.7 Å². The molecule has 0 spiro atoms. The molecule has 1 aromatic carbocycles. The van der Waals surface area contributed by atoms with Crippen LogP contribution in [0.2, 0.25) is 0 Å². The fraction of sp³-hybridized carbons (Fsp3) is 0.238. The number of para-hydroxylation sites is 1.